The van der Waals surface area contributed by atoms with Crippen LogP contribution in [0.2, 0.25) is 5.02 Å². The number of amides is 1. The van der Waals surface area contributed by atoms with E-state index < -0.39 is 17.6 Å². The number of aromatic hydroxyl groups is 1. The van der Waals surface area contributed by atoms with Crippen LogP contribution in [0.5, 0.6) is 5.75 Å². The number of halogens is 2. The van der Waals surface area contributed by atoms with Gasteiger partial charge in [0, 0.05) is 23.7 Å². The third kappa shape index (κ3) is 5.39. The first-order valence-corrected chi connectivity index (χ1v) is 12.0. The summed E-state index contributed by atoms with van der Waals surface area (Å²) in [6, 6.07) is 7.79. The van der Waals surface area contributed by atoms with Gasteiger partial charge in [-0.2, -0.15) is 0 Å². The zero-order valence-corrected chi connectivity index (χ0v) is 20.3. The Morgan fingerprint density at radius 2 is 1.83 bits per heavy atom. The molecule has 1 aliphatic carbocycles. The molecule has 1 atom stereocenters. The number of pyridine rings is 1. The third-order valence-corrected chi connectivity index (χ3v) is 6.72. The van der Waals surface area contributed by atoms with Crippen molar-refractivity contribution in [3.05, 3.63) is 52.9 Å². The van der Waals surface area contributed by atoms with Crippen molar-refractivity contribution in [1.29, 1.82) is 0 Å². The number of ketones is 1. The molecule has 5 N–H and O–H groups in total. The lowest BCUT2D eigenvalue weighted by Gasteiger charge is -2.31. The van der Waals surface area contributed by atoms with Crippen molar-refractivity contribution >= 4 is 39.9 Å². The van der Waals surface area contributed by atoms with Crippen LogP contribution in [0.4, 0.5) is 10.1 Å². The molecule has 4 rings (SSSR count). The summed E-state index contributed by atoms with van der Waals surface area (Å²) in [7, 11) is 0. The van der Waals surface area contributed by atoms with E-state index in [1.165, 1.54) is 19.1 Å². The van der Waals surface area contributed by atoms with Crippen LogP contribution in [0.1, 0.15) is 49.9 Å². The molecule has 0 unspecified atom stereocenters. The highest BCUT2D eigenvalue weighted by Gasteiger charge is 2.25. The Bertz CT molecular complexity index is 1270. The number of hydrogen-bond donors (Lipinski definition) is 4. The molecule has 9 heteroatoms. The van der Waals surface area contributed by atoms with Gasteiger partial charge in [0.05, 0.1) is 27.8 Å². The molecule has 3 aromatic rings. The van der Waals surface area contributed by atoms with E-state index in [0.717, 1.165) is 31.1 Å². The molecule has 1 amide bonds. The maximum absolute atomic E-state index is 14.1. The highest BCUT2D eigenvalue weighted by Crippen LogP contribution is 2.36. The van der Waals surface area contributed by atoms with Gasteiger partial charge in [0.25, 0.3) is 0 Å². The van der Waals surface area contributed by atoms with E-state index in [1.807, 2.05) is 6.07 Å². The minimum atomic E-state index is -0.811. The van der Waals surface area contributed by atoms with Crippen molar-refractivity contribution in [3.63, 3.8) is 0 Å². The minimum Gasteiger partial charge on any atom is -0.504 e. The molecule has 0 spiro atoms. The zero-order valence-electron chi connectivity index (χ0n) is 19.6. The Balaban J connectivity index is 1.65. The van der Waals surface area contributed by atoms with Gasteiger partial charge in [-0.05, 0) is 74.9 Å². The number of rotatable bonds is 6. The first-order valence-electron chi connectivity index (χ1n) is 11.6. The van der Waals surface area contributed by atoms with Crippen LogP contribution in [0.3, 0.4) is 0 Å². The van der Waals surface area contributed by atoms with E-state index in [0.29, 0.717) is 27.9 Å². The van der Waals surface area contributed by atoms with Crippen molar-refractivity contribution in [2.45, 2.75) is 57.7 Å². The molecule has 2 aromatic carbocycles. The van der Waals surface area contributed by atoms with Gasteiger partial charge in [-0.1, -0.05) is 17.7 Å². The fourth-order valence-corrected chi connectivity index (χ4v) is 4.65. The molecule has 1 aliphatic rings. The maximum atomic E-state index is 14.1. The number of carbonyl (C=O) groups is 2. The predicted octanol–water partition coefficient (Wildman–Crippen LogP) is 4.79. The standard InChI is InChI=1S/C26H28ClFN4O3/c1-13(29)26(35)32-18-6-4-17(5-7-18)31-24-19-9-15(16-10-21(27)25(34)22(28)11-16)3-8-23(19)30-12-20(24)14(2)33/h3,8-13,17-18,34H,4-7,29H2,1-2H3,(H,30,31)(H,32,35)/t13-,17-,18-/m0/s1. The van der Waals surface area contributed by atoms with E-state index in [4.69, 9.17) is 17.3 Å². The highest BCUT2D eigenvalue weighted by molar-refractivity contribution is 6.32. The second kappa shape index (κ2) is 10.2. The molecule has 0 bridgehead atoms. The number of anilines is 1. The number of phenolic OH excluding ortho intramolecular Hbond substituents is 1. The smallest absolute Gasteiger partial charge is 0.236 e. The second-order valence-corrected chi connectivity index (χ2v) is 9.52. The highest BCUT2D eigenvalue weighted by atomic mass is 35.5. The Morgan fingerprint density at radius 1 is 1.14 bits per heavy atom. The fourth-order valence-electron chi connectivity index (χ4n) is 4.45. The predicted molar refractivity (Wildman–Crippen MR) is 135 cm³/mol. The van der Waals surface area contributed by atoms with E-state index in [-0.39, 0.29) is 28.8 Å². The average Bonchev–Trinajstić information content (AvgIpc) is 2.83. The van der Waals surface area contributed by atoms with E-state index in [1.54, 1.807) is 25.3 Å². The van der Waals surface area contributed by atoms with Gasteiger partial charge in [-0.25, -0.2) is 4.39 Å². The van der Waals surface area contributed by atoms with Gasteiger partial charge in [-0.15, -0.1) is 0 Å². The second-order valence-electron chi connectivity index (χ2n) is 9.11. The van der Waals surface area contributed by atoms with Crippen LogP contribution in [0.15, 0.2) is 36.5 Å². The number of carbonyl (C=O) groups excluding carboxylic acids is 2. The summed E-state index contributed by atoms with van der Waals surface area (Å²) in [5.74, 6) is -1.68. The fraction of sp³-hybridized carbons (Fsp3) is 0.346. The number of Topliss-reactive ketones (excluding diaryl/α,β-unsaturated/α-hetero) is 1. The van der Waals surface area contributed by atoms with E-state index in [9.17, 15) is 19.1 Å². The Hall–Kier alpha value is -3.23. The van der Waals surface area contributed by atoms with Gasteiger partial charge in [0.2, 0.25) is 5.91 Å². The minimum absolute atomic E-state index is 0.0776. The lowest BCUT2D eigenvalue weighted by atomic mass is 9.90. The zero-order chi connectivity index (χ0) is 25.3. The molecule has 1 fully saturated rings. The number of hydrogen-bond acceptors (Lipinski definition) is 6. The van der Waals surface area contributed by atoms with Crippen LogP contribution in [0.25, 0.3) is 22.0 Å². The van der Waals surface area contributed by atoms with Crippen LogP contribution < -0.4 is 16.4 Å². The van der Waals surface area contributed by atoms with Crippen LogP contribution in [-0.2, 0) is 4.79 Å². The summed E-state index contributed by atoms with van der Waals surface area (Å²) in [4.78, 5) is 28.8. The third-order valence-electron chi connectivity index (χ3n) is 6.43. The van der Waals surface area contributed by atoms with E-state index >= 15 is 0 Å². The molecular weight excluding hydrogens is 471 g/mol. The molecular formula is C26H28ClFN4O3. The molecule has 0 saturated heterocycles. The number of phenols is 1. The van der Waals surface area contributed by atoms with Gasteiger partial charge in [-0.3, -0.25) is 14.6 Å². The normalized spacial score (nSPS) is 18.8. The topological polar surface area (TPSA) is 117 Å². The van der Waals surface area contributed by atoms with Crippen LogP contribution >= 0.6 is 11.6 Å². The summed E-state index contributed by atoms with van der Waals surface area (Å²) in [6.45, 7) is 3.16. The first-order chi connectivity index (χ1) is 16.6. The number of nitrogens with one attached hydrogen (secondary N) is 2. The van der Waals surface area contributed by atoms with Crippen LogP contribution in [0, 0.1) is 5.82 Å². The molecule has 1 heterocycles. The Kier molecular flexibility index (Phi) is 7.23. The van der Waals surface area contributed by atoms with E-state index in [2.05, 4.69) is 15.6 Å². The molecule has 184 valence electrons. The lowest BCUT2D eigenvalue weighted by molar-refractivity contribution is -0.122. The molecule has 0 radical (unpaired) electrons. The van der Waals surface area contributed by atoms with Crippen molar-refractivity contribution in [3.8, 4) is 16.9 Å². The summed E-state index contributed by atoms with van der Waals surface area (Å²) in [5.41, 5.74) is 8.66. The SMILES string of the molecule is CC(=O)c1cnc2ccc(-c3cc(F)c(O)c(Cl)c3)cc2c1N[C@H]1CC[C@H](NC(=O)[C@H](C)N)CC1. The lowest BCUT2D eigenvalue weighted by Crippen LogP contribution is -2.46. The molecule has 0 aliphatic heterocycles. The Morgan fingerprint density at radius 3 is 2.46 bits per heavy atom. The Labute approximate surface area is 207 Å². The van der Waals surface area contributed by atoms with Gasteiger partial charge in [0.15, 0.2) is 17.3 Å². The average molecular weight is 499 g/mol. The maximum Gasteiger partial charge on any atom is 0.236 e. The number of nitrogens with two attached hydrogens (primary N) is 1. The van der Waals surface area contributed by atoms with Crippen molar-refractivity contribution in [2.24, 2.45) is 5.73 Å². The monoisotopic (exact) mass is 498 g/mol. The largest absolute Gasteiger partial charge is 0.504 e. The first kappa shape index (κ1) is 24.9. The number of fused-ring (bicyclic) bond motifs is 1. The number of aromatic nitrogens is 1. The van der Waals surface area contributed by atoms with Crippen LogP contribution in [-0.4, -0.2) is 39.9 Å². The summed E-state index contributed by atoms with van der Waals surface area (Å²) in [5, 5.41) is 16.8. The number of benzene rings is 2. The summed E-state index contributed by atoms with van der Waals surface area (Å²) >= 11 is 5.98. The molecule has 1 aromatic heterocycles. The van der Waals surface area contributed by atoms with Crippen molar-refractivity contribution < 1.29 is 19.1 Å². The van der Waals surface area contributed by atoms with Crippen molar-refractivity contribution in [1.82, 2.24) is 10.3 Å². The van der Waals surface area contributed by atoms with Gasteiger partial charge in [0.1, 0.15) is 0 Å². The van der Waals surface area contributed by atoms with Crippen molar-refractivity contribution in [2.75, 3.05) is 5.32 Å². The summed E-state index contributed by atoms with van der Waals surface area (Å²) in [6.07, 6.45) is 4.78. The molecule has 7 nitrogen and oxygen atoms in total. The molecule has 1 saturated carbocycles. The summed E-state index contributed by atoms with van der Waals surface area (Å²) < 4.78 is 14.1. The van der Waals surface area contributed by atoms with Gasteiger partial charge < -0.3 is 21.5 Å². The molecule has 35 heavy (non-hydrogen) atoms. The quantitative estimate of drug-likeness (QED) is 0.363. The van der Waals surface area contributed by atoms with Gasteiger partial charge >= 0.3 is 0 Å². The number of nitrogens with zero attached hydrogens (tertiary/aromatic N) is 1.